The van der Waals surface area contributed by atoms with Gasteiger partial charge in [-0.2, -0.15) is 0 Å². The van der Waals surface area contributed by atoms with Crippen LogP contribution in [0.4, 0.5) is 0 Å². The Balaban J connectivity index is 3.01. The van der Waals surface area contributed by atoms with E-state index in [1.54, 1.807) is 0 Å². The Morgan fingerprint density at radius 3 is 1.94 bits per heavy atom. The molecule has 1 aromatic carbocycles. The van der Waals surface area contributed by atoms with Crippen LogP contribution in [0.2, 0.25) is 0 Å². The van der Waals surface area contributed by atoms with Crippen molar-refractivity contribution in [3.63, 3.8) is 0 Å². The lowest BCUT2D eigenvalue weighted by molar-refractivity contribution is 0.0618. The summed E-state index contributed by atoms with van der Waals surface area (Å²) in [5.74, 6) is -0.128. The molecule has 96 valence electrons. The van der Waals surface area contributed by atoms with Crippen molar-refractivity contribution < 1.29 is 10.2 Å². The van der Waals surface area contributed by atoms with E-state index in [-0.39, 0.29) is 25.2 Å². The second-order valence-electron chi connectivity index (χ2n) is 4.20. The van der Waals surface area contributed by atoms with E-state index >= 15 is 0 Å². The molecule has 0 bridgehead atoms. The third-order valence-corrected chi connectivity index (χ3v) is 3.26. The first-order valence-corrected chi connectivity index (χ1v) is 6.29. The summed E-state index contributed by atoms with van der Waals surface area (Å²) in [6.45, 7) is 6.04. The second kappa shape index (κ2) is 7.43. The molecule has 0 saturated heterocycles. The Morgan fingerprint density at radius 1 is 1.00 bits per heavy atom. The van der Waals surface area contributed by atoms with Crippen LogP contribution in [0.15, 0.2) is 30.3 Å². The van der Waals surface area contributed by atoms with Gasteiger partial charge in [0.25, 0.3) is 0 Å². The molecule has 0 amide bonds. The topological polar surface area (TPSA) is 43.7 Å². The number of nitrogens with zero attached hydrogens (tertiary/aromatic N) is 1. The molecular weight excluding hydrogens is 214 g/mol. The molecule has 0 aliphatic heterocycles. The van der Waals surface area contributed by atoms with Crippen LogP contribution in [-0.4, -0.2) is 41.4 Å². The predicted molar refractivity (Wildman–Crippen MR) is 69.8 cm³/mol. The van der Waals surface area contributed by atoms with Crippen LogP contribution in [0.1, 0.15) is 25.5 Å². The van der Waals surface area contributed by atoms with Crippen molar-refractivity contribution in [2.24, 2.45) is 5.92 Å². The summed E-state index contributed by atoms with van der Waals surface area (Å²) in [5, 5.41) is 18.8. The molecule has 0 aliphatic carbocycles. The maximum atomic E-state index is 9.41. The first kappa shape index (κ1) is 14.2. The fourth-order valence-electron chi connectivity index (χ4n) is 2.31. The highest BCUT2D eigenvalue weighted by Crippen LogP contribution is 2.28. The van der Waals surface area contributed by atoms with Gasteiger partial charge in [-0.05, 0) is 18.7 Å². The van der Waals surface area contributed by atoms with Crippen LogP contribution in [0.3, 0.4) is 0 Å². The van der Waals surface area contributed by atoms with Crippen LogP contribution in [0.25, 0.3) is 0 Å². The van der Waals surface area contributed by atoms with Crippen molar-refractivity contribution in [2.75, 3.05) is 26.3 Å². The zero-order valence-electron chi connectivity index (χ0n) is 10.7. The number of aliphatic hydroxyl groups excluding tert-OH is 2. The number of rotatable bonds is 7. The number of hydrogen-bond donors (Lipinski definition) is 2. The van der Waals surface area contributed by atoms with Crippen molar-refractivity contribution in [1.82, 2.24) is 4.90 Å². The molecule has 1 atom stereocenters. The quantitative estimate of drug-likeness (QED) is 0.758. The molecule has 0 spiro atoms. The molecular formula is C14H23NO2. The third-order valence-electron chi connectivity index (χ3n) is 3.26. The lowest BCUT2D eigenvalue weighted by atomic mass is 9.92. The average molecular weight is 237 g/mol. The zero-order chi connectivity index (χ0) is 12.7. The van der Waals surface area contributed by atoms with Gasteiger partial charge in [0.2, 0.25) is 0 Å². The Labute approximate surface area is 104 Å². The minimum absolute atomic E-state index is 0.00651. The molecule has 0 aromatic heterocycles. The maximum absolute atomic E-state index is 9.41. The lowest BCUT2D eigenvalue weighted by Gasteiger charge is -2.34. The summed E-state index contributed by atoms with van der Waals surface area (Å²) in [6.07, 6.45) is 0. The molecule has 17 heavy (non-hydrogen) atoms. The fourth-order valence-corrected chi connectivity index (χ4v) is 2.31. The van der Waals surface area contributed by atoms with Gasteiger partial charge in [0.15, 0.2) is 0 Å². The second-order valence-corrected chi connectivity index (χ2v) is 4.20. The summed E-state index contributed by atoms with van der Waals surface area (Å²) >= 11 is 0. The summed E-state index contributed by atoms with van der Waals surface area (Å²) in [6, 6.07) is 10.2. The molecule has 0 aliphatic rings. The molecule has 3 nitrogen and oxygen atoms in total. The molecule has 0 fully saturated rings. The van der Waals surface area contributed by atoms with Gasteiger partial charge in [0, 0.05) is 25.2 Å². The third kappa shape index (κ3) is 3.53. The molecule has 3 heteroatoms. The highest BCUT2D eigenvalue weighted by atomic mass is 16.3. The summed E-state index contributed by atoms with van der Waals surface area (Å²) in [4.78, 5) is 2.27. The van der Waals surface area contributed by atoms with Crippen LogP contribution in [-0.2, 0) is 0 Å². The maximum Gasteiger partial charge on any atom is 0.0499 e. The van der Waals surface area contributed by atoms with Gasteiger partial charge in [-0.25, -0.2) is 0 Å². The van der Waals surface area contributed by atoms with E-state index in [2.05, 4.69) is 30.9 Å². The summed E-state index contributed by atoms with van der Waals surface area (Å²) in [5.41, 5.74) is 1.16. The van der Waals surface area contributed by atoms with Crippen molar-refractivity contribution in [3.8, 4) is 0 Å². The standard InChI is InChI=1S/C14H23NO2/c1-3-15(4-2)14(13(10-16)11-17)12-8-6-5-7-9-12/h5-9,13-14,16-17H,3-4,10-11H2,1-2H3/t14-/m1/s1. The number of benzene rings is 1. The van der Waals surface area contributed by atoms with Crippen molar-refractivity contribution in [2.45, 2.75) is 19.9 Å². The zero-order valence-corrected chi connectivity index (χ0v) is 10.7. The van der Waals surface area contributed by atoms with Gasteiger partial charge in [0.05, 0.1) is 0 Å². The highest BCUT2D eigenvalue weighted by Gasteiger charge is 2.26. The largest absolute Gasteiger partial charge is 0.396 e. The van der Waals surface area contributed by atoms with E-state index in [1.807, 2.05) is 18.2 Å². The molecule has 0 unspecified atom stereocenters. The molecule has 0 saturated carbocycles. The van der Waals surface area contributed by atoms with Gasteiger partial charge in [0.1, 0.15) is 0 Å². The number of hydrogen-bond acceptors (Lipinski definition) is 3. The first-order chi connectivity index (χ1) is 8.28. The van der Waals surface area contributed by atoms with Crippen molar-refractivity contribution in [3.05, 3.63) is 35.9 Å². The highest BCUT2D eigenvalue weighted by molar-refractivity contribution is 5.20. The van der Waals surface area contributed by atoms with Crippen LogP contribution in [0.5, 0.6) is 0 Å². The van der Waals surface area contributed by atoms with Crippen molar-refractivity contribution >= 4 is 0 Å². The smallest absolute Gasteiger partial charge is 0.0499 e. The first-order valence-electron chi connectivity index (χ1n) is 6.29. The van der Waals surface area contributed by atoms with Gasteiger partial charge in [-0.3, -0.25) is 4.90 Å². The van der Waals surface area contributed by atoms with Crippen LogP contribution in [0, 0.1) is 5.92 Å². The average Bonchev–Trinajstić information content (AvgIpc) is 2.40. The minimum atomic E-state index is -0.128. The molecule has 2 N–H and O–H groups in total. The molecule has 1 rings (SSSR count). The monoisotopic (exact) mass is 237 g/mol. The van der Waals surface area contributed by atoms with E-state index in [0.29, 0.717) is 0 Å². The summed E-state index contributed by atoms with van der Waals surface area (Å²) in [7, 11) is 0. The molecule has 0 radical (unpaired) electrons. The van der Waals surface area contributed by atoms with Crippen LogP contribution < -0.4 is 0 Å². The minimum Gasteiger partial charge on any atom is -0.396 e. The number of aliphatic hydroxyl groups is 2. The van der Waals surface area contributed by atoms with E-state index in [0.717, 1.165) is 18.7 Å². The van der Waals surface area contributed by atoms with Gasteiger partial charge in [-0.15, -0.1) is 0 Å². The normalized spacial score (nSPS) is 13.3. The Hall–Kier alpha value is -0.900. The van der Waals surface area contributed by atoms with E-state index in [4.69, 9.17) is 0 Å². The lowest BCUT2D eigenvalue weighted by Crippen LogP contribution is -2.36. The van der Waals surface area contributed by atoms with Crippen LogP contribution >= 0.6 is 0 Å². The van der Waals surface area contributed by atoms with Gasteiger partial charge >= 0.3 is 0 Å². The van der Waals surface area contributed by atoms with E-state index in [9.17, 15) is 10.2 Å². The predicted octanol–water partition coefficient (Wildman–Crippen LogP) is 1.67. The van der Waals surface area contributed by atoms with Gasteiger partial charge in [-0.1, -0.05) is 44.2 Å². The Morgan fingerprint density at radius 2 is 1.53 bits per heavy atom. The van der Waals surface area contributed by atoms with Crippen molar-refractivity contribution in [1.29, 1.82) is 0 Å². The fraction of sp³-hybridized carbons (Fsp3) is 0.571. The van der Waals surface area contributed by atoms with Gasteiger partial charge < -0.3 is 10.2 Å². The van der Waals surface area contributed by atoms with E-state index < -0.39 is 0 Å². The Kier molecular flexibility index (Phi) is 6.19. The molecule has 0 heterocycles. The SMILES string of the molecule is CCN(CC)[C@H](c1ccccc1)C(CO)CO. The van der Waals surface area contributed by atoms with E-state index in [1.165, 1.54) is 0 Å². The molecule has 1 aromatic rings. The Bertz CT molecular complexity index is 282. The summed E-state index contributed by atoms with van der Waals surface area (Å²) < 4.78 is 0.